The van der Waals surface area contributed by atoms with Crippen LogP contribution in [0.1, 0.15) is 55.6 Å². The van der Waals surface area contributed by atoms with E-state index >= 15 is 0 Å². The number of ether oxygens (including phenoxy) is 2. The monoisotopic (exact) mass is 497 g/mol. The Bertz CT molecular complexity index is 1100. The fourth-order valence-corrected chi connectivity index (χ4v) is 4.45. The maximum atomic E-state index is 11.1. The van der Waals surface area contributed by atoms with Crippen LogP contribution in [0.4, 0.5) is 5.69 Å². The smallest absolute Gasteiger partial charge is 0.316 e. The lowest BCUT2D eigenvalue weighted by Crippen LogP contribution is -2.43. The molecule has 1 aliphatic heterocycles. The summed E-state index contributed by atoms with van der Waals surface area (Å²) in [6.07, 6.45) is 5.53. The fourth-order valence-electron chi connectivity index (χ4n) is 4.45. The number of aliphatic carboxylic acids is 1. The average Bonchev–Trinajstić information content (AvgIpc) is 2.82. The summed E-state index contributed by atoms with van der Waals surface area (Å²) in [5, 5.41) is 10.5. The number of hydrazine groups is 1. The van der Waals surface area contributed by atoms with E-state index < -0.39 is 5.97 Å². The molecule has 36 heavy (non-hydrogen) atoms. The number of likely N-dealkylation sites (N-methyl/N-ethyl adjacent to an activating group) is 1. The molecule has 0 spiro atoms. The van der Waals surface area contributed by atoms with Crippen LogP contribution < -0.4 is 21.2 Å². The van der Waals surface area contributed by atoms with Gasteiger partial charge in [0.1, 0.15) is 6.61 Å². The van der Waals surface area contributed by atoms with Gasteiger partial charge in [0, 0.05) is 32.3 Å². The molecule has 0 radical (unpaired) electrons. The quantitative estimate of drug-likeness (QED) is 0.326. The van der Waals surface area contributed by atoms with Crippen molar-refractivity contribution in [2.24, 2.45) is 11.6 Å². The zero-order chi connectivity index (χ0) is 25.7. The van der Waals surface area contributed by atoms with Crippen molar-refractivity contribution >= 4 is 17.4 Å². The SMILES string of the molecule is CCc1nc(/C(N)=C(\COc2nccc(C3CCC3)n2)N(C)N)ccc1N1CCOC(CC(=O)O)C1. The van der Waals surface area contributed by atoms with Gasteiger partial charge in [-0.25, -0.2) is 15.8 Å². The first kappa shape index (κ1) is 25.6. The van der Waals surface area contributed by atoms with E-state index in [-0.39, 0.29) is 19.1 Å². The molecule has 1 saturated heterocycles. The summed E-state index contributed by atoms with van der Waals surface area (Å²) in [5.41, 5.74) is 10.9. The van der Waals surface area contributed by atoms with Gasteiger partial charge in [0.2, 0.25) is 0 Å². The lowest BCUT2D eigenvalue weighted by atomic mass is 9.83. The molecule has 1 aliphatic carbocycles. The molecule has 194 valence electrons. The number of aromatic nitrogens is 3. The molecule has 0 aromatic carbocycles. The summed E-state index contributed by atoms with van der Waals surface area (Å²) >= 11 is 0. The lowest BCUT2D eigenvalue weighted by Gasteiger charge is -2.35. The molecule has 4 rings (SSSR count). The van der Waals surface area contributed by atoms with Crippen molar-refractivity contribution in [3.8, 4) is 6.01 Å². The average molecular weight is 498 g/mol. The van der Waals surface area contributed by atoms with Gasteiger partial charge >= 0.3 is 12.0 Å². The van der Waals surface area contributed by atoms with Gasteiger partial charge in [0.15, 0.2) is 0 Å². The first-order valence-electron chi connectivity index (χ1n) is 12.4. The molecule has 11 heteroatoms. The number of pyridine rings is 1. The van der Waals surface area contributed by atoms with E-state index in [0.29, 0.717) is 55.1 Å². The minimum atomic E-state index is -0.871. The Balaban J connectivity index is 1.52. The van der Waals surface area contributed by atoms with Gasteiger partial charge < -0.3 is 30.2 Å². The summed E-state index contributed by atoms with van der Waals surface area (Å²) in [6.45, 7) is 3.75. The molecule has 2 aromatic rings. The first-order valence-corrected chi connectivity index (χ1v) is 12.4. The van der Waals surface area contributed by atoms with E-state index in [1.807, 2.05) is 25.1 Å². The highest BCUT2D eigenvalue weighted by molar-refractivity contribution is 5.68. The van der Waals surface area contributed by atoms with Crippen LogP contribution in [0.3, 0.4) is 0 Å². The van der Waals surface area contributed by atoms with Crippen molar-refractivity contribution < 1.29 is 19.4 Å². The second-order valence-corrected chi connectivity index (χ2v) is 9.20. The molecule has 11 nitrogen and oxygen atoms in total. The molecule has 0 bridgehead atoms. The molecule has 1 saturated carbocycles. The molecular formula is C25H35N7O4. The summed E-state index contributed by atoms with van der Waals surface area (Å²) in [5.74, 6) is 5.71. The Labute approximate surface area is 211 Å². The number of nitrogens with two attached hydrogens (primary N) is 2. The lowest BCUT2D eigenvalue weighted by molar-refractivity contribution is -0.140. The van der Waals surface area contributed by atoms with Crippen molar-refractivity contribution in [2.75, 3.05) is 38.3 Å². The van der Waals surface area contributed by atoms with E-state index in [0.717, 1.165) is 29.9 Å². The molecule has 2 aromatic heterocycles. The molecule has 2 aliphatic rings. The first-order chi connectivity index (χ1) is 17.4. The topological polar surface area (TPSA) is 153 Å². The predicted molar refractivity (Wildman–Crippen MR) is 135 cm³/mol. The number of rotatable bonds is 10. The van der Waals surface area contributed by atoms with Crippen LogP contribution in [0.15, 0.2) is 30.1 Å². The van der Waals surface area contributed by atoms with Gasteiger partial charge in [-0.15, -0.1) is 0 Å². The van der Waals surface area contributed by atoms with Crippen molar-refractivity contribution in [3.63, 3.8) is 0 Å². The Morgan fingerprint density at radius 3 is 2.78 bits per heavy atom. The van der Waals surface area contributed by atoms with E-state index in [1.165, 1.54) is 11.4 Å². The highest BCUT2D eigenvalue weighted by atomic mass is 16.5. The van der Waals surface area contributed by atoms with E-state index in [4.69, 9.17) is 31.1 Å². The highest BCUT2D eigenvalue weighted by Crippen LogP contribution is 2.35. The molecule has 1 unspecified atom stereocenters. The molecule has 2 fully saturated rings. The van der Waals surface area contributed by atoms with Crippen molar-refractivity contribution in [1.29, 1.82) is 0 Å². The highest BCUT2D eigenvalue weighted by Gasteiger charge is 2.25. The zero-order valence-corrected chi connectivity index (χ0v) is 20.9. The standard InChI is InChI=1S/C25H35N7O4/c1-3-18-21(32-11-12-35-17(14-32)13-23(33)34)8-7-20(29-18)24(26)22(31(2)27)15-36-25-28-10-9-19(30-25)16-5-4-6-16/h7-10,16-17H,3-6,11-15,26-27H2,1-2H3,(H,33,34)/b24-22-. The number of anilines is 1. The van der Waals surface area contributed by atoms with Gasteiger partial charge in [0.05, 0.1) is 53.3 Å². The van der Waals surface area contributed by atoms with Gasteiger partial charge in [-0.1, -0.05) is 13.3 Å². The Hall–Kier alpha value is -3.44. The van der Waals surface area contributed by atoms with Crippen molar-refractivity contribution in [3.05, 3.63) is 47.2 Å². The summed E-state index contributed by atoms with van der Waals surface area (Å²) < 4.78 is 11.5. The van der Waals surface area contributed by atoms with E-state index in [2.05, 4.69) is 14.9 Å². The van der Waals surface area contributed by atoms with Crippen LogP contribution in [-0.2, 0) is 16.0 Å². The van der Waals surface area contributed by atoms with Crippen LogP contribution in [-0.4, -0.2) is 70.5 Å². The van der Waals surface area contributed by atoms with Crippen LogP contribution in [0, 0.1) is 0 Å². The van der Waals surface area contributed by atoms with Crippen molar-refractivity contribution in [2.45, 2.75) is 51.0 Å². The summed E-state index contributed by atoms with van der Waals surface area (Å²) in [6, 6.07) is 6.06. The fraction of sp³-hybridized carbons (Fsp3) is 0.520. The zero-order valence-electron chi connectivity index (χ0n) is 20.9. The maximum absolute atomic E-state index is 11.1. The molecule has 0 amide bonds. The van der Waals surface area contributed by atoms with Crippen LogP contribution in [0.25, 0.3) is 5.70 Å². The second kappa shape index (κ2) is 11.5. The van der Waals surface area contributed by atoms with Gasteiger partial charge in [-0.3, -0.25) is 4.79 Å². The molecular weight excluding hydrogens is 462 g/mol. The number of nitrogens with zero attached hydrogens (tertiary/aromatic N) is 5. The maximum Gasteiger partial charge on any atom is 0.316 e. The van der Waals surface area contributed by atoms with Gasteiger partial charge in [0.25, 0.3) is 0 Å². The normalized spacial score (nSPS) is 18.9. The molecule has 5 N–H and O–H groups in total. The summed E-state index contributed by atoms with van der Waals surface area (Å²) in [4.78, 5) is 26.8. The number of hydrogen-bond acceptors (Lipinski definition) is 10. The third kappa shape index (κ3) is 6.03. The summed E-state index contributed by atoms with van der Waals surface area (Å²) in [7, 11) is 1.70. The van der Waals surface area contributed by atoms with E-state index in [1.54, 1.807) is 13.2 Å². The third-order valence-electron chi connectivity index (χ3n) is 6.70. The minimum Gasteiger partial charge on any atom is -0.481 e. The molecule has 3 heterocycles. The molecule has 1 atom stereocenters. The van der Waals surface area contributed by atoms with Crippen LogP contribution in [0.5, 0.6) is 6.01 Å². The number of carboxylic acid groups (broad SMARTS) is 1. The third-order valence-corrected chi connectivity index (χ3v) is 6.70. The van der Waals surface area contributed by atoms with Crippen molar-refractivity contribution in [1.82, 2.24) is 20.0 Å². The number of carboxylic acids is 1. The number of aryl methyl sites for hydroxylation is 1. The number of morpholine rings is 1. The van der Waals surface area contributed by atoms with Crippen LogP contribution >= 0.6 is 0 Å². The van der Waals surface area contributed by atoms with Gasteiger partial charge in [-0.2, -0.15) is 4.98 Å². The second-order valence-electron chi connectivity index (χ2n) is 9.20. The Kier molecular flexibility index (Phi) is 8.21. The van der Waals surface area contributed by atoms with Crippen LogP contribution in [0.2, 0.25) is 0 Å². The minimum absolute atomic E-state index is 0.0291. The Morgan fingerprint density at radius 1 is 1.31 bits per heavy atom. The number of hydrogen-bond donors (Lipinski definition) is 3. The van der Waals surface area contributed by atoms with Gasteiger partial charge in [-0.05, 0) is 37.5 Å². The van der Waals surface area contributed by atoms with E-state index in [9.17, 15) is 4.79 Å². The predicted octanol–water partition coefficient (Wildman–Crippen LogP) is 1.89. The Morgan fingerprint density at radius 2 is 2.11 bits per heavy atom. The largest absolute Gasteiger partial charge is 0.481 e. The number of carbonyl (C=O) groups is 1.